The third-order valence-corrected chi connectivity index (χ3v) is 1.75. The van der Waals surface area contributed by atoms with Crippen molar-refractivity contribution in [1.29, 1.82) is 0 Å². The van der Waals surface area contributed by atoms with Gasteiger partial charge in [-0.1, -0.05) is 0 Å². The van der Waals surface area contributed by atoms with Gasteiger partial charge in [-0.2, -0.15) is 0 Å². The van der Waals surface area contributed by atoms with Gasteiger partial charge in [-0.25, -0.2) is 5.01 Å². The third-order valence-electron chi connectivity index (χ3n) is 1.75. The van der Waals surface area contributed by atoms with E-state index in [2.05, 4.69) is 0 Å². The number of hydrazine groups is 1. The van der Waals surface area contributed by atoms with E-state index in [1.165, 1.54) is 0 Å². The summed E-state index contributed by atoms with van der Waals surface area (Å²) < 4.78 is 0. The van der Waals surface area contributed by atoms with E-state index in [9.17, 15) is 0 Å². The molecule has 1 aliphatic heterocycles. The summed E-state index contributed by atoms with van der Waals surface area (Å²) in [7, 11) is 0. The second kappa shape index (κ2) is 2.22. The van der Waals surface area contributed by atoms with Crippen molar-refractivity contribution in [2.75, 3.05) is 26.3 Å². The molecule has 1 saturated heterocycles. The van der Waals surface area contributed by atoms with Crippen LogP contribution in [-0.4, -0.2) is 41.5 Å². The Kier molecular flexibility index (Phi) is 1.72. The van der Waals surface area contributed by atoms with Crippen molar-refractivity contribution in [3.8, 4) is 0 Å². The molecule has 4 nitrogen and oxygen atoms in total. The summed E-state index contributed by atoms with van der Waals surface area (Å²) in [5, 5.41) is 19.0. The van der Waals surface area contributed by atoms with Gasteiger partial charge in [0.1, 0.15) is 0 Å². The first kappa shape index (κ1) is 6.95. The number of rotatable bonds is 2. The Labute approximate surface area is 53.9 Å². The summed E-state index contributed by atoms with van der Waals surface area (Å²) in [5.41, 5.74) is -0.311. The fourth-order valence-corrected chi connectivity index (χ4v) is 1.07. The predicted molar refractivity (Wildman–Crippen MR) is 32.4 cm³/mol. The van der Waals surface area contributed by atoms with Gasteiger partial charge >= 0.3 is 0 Å². The smallest absolute Gasteiger partial charge is 0.0535 e. The molecule has 0 saturated carbocycles. The van der Waals surface area contributed by atoms with E-state index in [1.54, 1.807) is 5.01 Å². The van der Waals surface area contributed by atoms with Crippen LogP contribution in [0.4, 0.5) is 0 Å². The molecule has 4 N–H and O–H groups in total. The van der Waals surface area contributed by atoms with Crippen LogP contribution in [0.5, 0.6) is 0 Å². The van der Waals surface area contributed by atoms with Crippen molar-refractivity contribution in [3.63, 3.8) is 0 Å². The van der Waals surface area contributed by atoms with Crippen LogP contribution in [0.1, 0.15) is 0 Å². The van der Waals surface area contributed by atoms with Crippen LogP contribution in [0.25, 0.3) is 0 Å². The molecular formula is C5H12N2O2. The zero-order valence-electron chi connectivity index (χ0n) is 5.25. The van der Waals surface area contributed by atoms with Crippen LogP contribution in [0, 0.1) is 5.41 Å². The second-order valence-electron chi connectivity index (χ2n) is 2.72. The highest BCUT2D eigenvalue weighted by Gasteiger charge is 2.40. The molecule has 1 heterocycles. The first-order valence-electron chi connectivity index (χ1n) is 2.94. The van der Waals surface area contributed by atoms with Gasteiger partial charge in [0.15, 0.2) is 0 Å². The van der Waals surface area contributed by atoms with Crippen LogP contribution in [0.3, 0.4) is 0 Å². The molecule has 0 amide bonds. The number of nitrogens with zero attached hydrogens (tertiary/aromatic N) is 1. The summed E-state index contributed by atoms with van der Waals surface area (Å²) in [5.74, 6) is 5.32. The lowest BCUT2D eigenvalue weighted by Gasteiger charge is -2.45. The summed E-state index contributed by atoms with van der Waals surface area (Å²) in [6.45, 7) is 1.24. The molecule has 0 unspecified atom stereocenters. The van der Waals surface area contributed by atoms with Crippen LogP contribution in [0.15, 0.2) is 0 Å². The largest absolute Gasteiger partial charge is 0.396 e. The molecule has 1 rings (SSSR count). The number of aliphatic hydroxyl groups is 2. The Morgan fingerprint density at radius 3 is 1.89 bits per heavy atom. The molecule has 4 heteroatoms. The molecule has 0 aromatic carbocycles. The second-order valence-corrected chi connectivity index (χ2v) is 2.72. The van der Waals surface area contributed by atoms with E-state index in [1.807, 2.05) is 0 Å². The molecular weight excluding hydrogens is 120 g/mol. The normalized spacial score (nSPS) is 25.7. The van der Waals surface area contributed by atoms with Crippen LogP contribution in [-0.2, 0) is 0 Å². The van der Waals surface area contributed by atoms with Crippen LogP contribution >= 0.6 is 0 Å². The molecule has 0 aromatic rings. The lowest BCUT2D eigenvalue weighted by atomic mass is 9.83. The Morgan fingerprint density at radius 2 is 1.78 bits per heavy atom. The third kappa shape index (κ3) is 1.07. The Hall–Kier alpha value is -0.160. The minimum atomic E-state index is -0.311. The lowest BCUT2D eigenvalue weighted by Crippen LogP contribution is -2.62. The van der Waals surface area contributed by atoms with Crippen LogP contribution in [0.2, 0.25) is 0 Å². The zero-order valence-corrected chi connectivity index (χ0v) is 5.25. The molecule has 0 aromatic heterocycles. The quantitative estimate of drug-likeness (QED) is 0.386. The molecule has 0 aliphatic carbocycles. The predicted octanol–water partition coefficient (Wildman–Crippen LogP) is -1.85. The van der Waals surface area contributed by atoms with Crippen molar-refractivity contribution in [1.82, 2.24) is 5.01 Å². The maximum absolute atomic E-state index is 8.71. The number of hydrogen-bond acceptors (Lipinski definition) is 4. The standard InChI is InChI=1S/C5H12N2O2/c6-7-1-5(2-7,3-8)4-9/h8-9H,1-4,6H2. The van der Waals surface area contributed by atoms with Gasteiger partial charge in [-0.3, -0.25) is 5.84 Å². The Bertz CT molecular complexity index is 95.1. The van der Waals surface area contributed by atoms with Gasteiger partial charge < -0.3 is 10.2 Å². The van der Waals surface area contributed by atoms with E-state index in [0.29, 0.717) is 13.1 Å². The van der Waals surface area contributed by atoms with Gasteiger partial charge in [-0.15, -0.1) is 0 Å². The van der Waals surface area contributed by atoms with E-state index in [-0.39, 0.29) is 18.6 Å². The number of nitrogens with two attached hydrogens (primary N) is 1. The van der Waals surface area contributed by atoms with E-state index >= 15 is 0 Å². The van der Waals surface area contributed by atoms with E-state index < -0.39 is 0 Å². The highest BCUT2D eigenvalue weighted by atomic mass is 16.3. The molecule has 0 radical (unpaired) electrons. The number of aliphatic hydroxyl groups excluding tert-OH is 2. The maximum atomic E-state index is 8.71. The first-order chi connectivity index (χ1) is 4.22. The van der Waals surface area contributed by atoms with Crippen molar-refractivity contribution in [2.24, 2.45) is 11.3 Å². The monoisotopic (exact) mass is 132 g/mol. The lowest BCUT2D eigenvalue weighted by molar-refractivity contribution is -0.0754. The summed E-state index contributed by atoms with van der Waals surface area (Å²) in [6, 6.07) is 0. The van der Waals surface area contributed by atoms with Gasteiger partial charge in [-0.05, 0) is 0 Å². The van der Waals surface area contributed by atoms with Crippen molar-refractivity contribution < 1.29 is 10.2 Å². The molecule has 0 atom stereocenters. The van der Waals surface area contributed by atoms with Crippen molar-refractivity contribution >= 4 is 0 Å². The zero-order chi connectivity index (χ0) is 6.91. The van der Waals surface area contributed by atoms with Crippen molar-refractivity contribution in [2.45, 2.75) is 0 Å². The minimum absolute atomic E-state index is 0.0250. The average molecular weight is 132 g/mol. The van der Waals surface area contributed by atoms with Crippen LogP contribution < -0.4 is 5.84 Å². The molecule has 0 spiro atoms. The Morgan fingerprint density at radius 1 is 1.33 bits per heavy atom. The minimum Gasteiger partial charge on any atom is -0.396 e. The number of hydrogen-bond donors (Lipinski definition) is 3. The molecule has 0 bridgehead atoms. The highest BCUT2D eigenvalue weighted by molar-refractivity contribution is 4.91. The van der Waals surface area contributed by atoms with E-state index in [0.717, 1.165) is 0 Å². The molecule has 9 heavy (non-hydrogen) atoms. The highest BCUT2D eigenvalue weighted by Crippen LogP contribution is 2.25. The first-order valence-corrected chi connectivity index (χ1v) is 2.94. The fraction of sp³-hybridized carbons (Fsp3) is 1.00. The Balaban J connectivity index is 2.36. The SMILES string of the molecule is NN1CC(CO)(CO)C1. The summed E-state index contributed by atoms with van der Waals surface area (Å²) >= 11 is 0. The molecule has 1 aliphatic rings. The topological polar surface area (TPSA) is 69.7 Å². The summed E-state index contributed by atoms with van der Waals surface area (Å²) in [6.07, 6.45) is 0. The van der Waals surface area contributed by atoms with Gasteiger partial charge in [0.2, 0.25) is 0 Å². The molecule has 1 fully saturated rings. The molecule has 54 valence electrons. The van der Waals surface area contributed by atoms with Gasteiger partial charge in [0.25, 0.3) is 0 Å². The van der Waals surface area contributed by atoms with Gasteiger partial charge in [0.05, 0.1) is 13.2 Å². The fourth-order valence-electron chi connectivity index (χ4n) is 1.07. The summed E-state index contributed by atoms with van der Waals surface area (Å²) in [4.78, 5) is 0. The maximum Gasteiger partial charge on any atom is 0.0535 e. The van der Waals surface area contributed by atoms with E-state index in [4.69, 9.17) is 16.1 Å². The van der Waals surface area contributed by atoms with Crippen molar-refractivity contribution in [3.05, 3.63) is 0 Å². The average Bonchev–Trinajstić information content (AvgIpc) is 1.81. The van der Waals surface area contributed by atoms with Gasteiger partial charge in [0, 0.05) is 18.5 Å².